The number of Topliss-reactive ketones (excluding diaryl/α,β-unsaturated/α-hetero) is 1. The normalized spacial score (nSPS) is 14.3. The summed E-state index contributed by atoms with van der Waals surface area (Å²) < 4.78 is 44.1. The number of nitrogens with zero attached hydrogens (tertiary/aromatic N) is 4. The molecular formula is C20H15ClF3N5O2. The lowest BCUT2D eigenvalue weighted by atomic mass is 9.98. The van der Waals surface area contributed by atoms with Crippen molar-refractivity contribution in [2.75, 3.05) is 5.73 Å². The molecule has 3 heterocycles. The van der Waals surface area contributed by atoms with Crippen molar-refractivity contribution in [3.63, 3.8) is 0 Å². The molecule has 31 heavy (non-hydrogen) atoms. The minimum absolute atomic E-state index is 0.00292. The van der Waals surface area contributed by atoms with Gasteiger partial charge in [-0.25, -0.2) is 15.0 Å². The molecule has 2 aromatic heterocycles. The highest BCUT2D eigenvalue weighted by molar-refractivity contribution is 6.35. The Hall–Kier alpha value is -3.27. The largest absolute Gasteiger partial charge is 0.416 e. The lowest BCUT2D eigenvalue weighted by molar-refractivity contribution is -0.137. The van der Waals surface area contributed by atoms with Crippen molar-refractivity contribution >= 4 is 34.6 Å². The number of alkyl halides is 3. The zero-order chi connectivity index (χ0) is 22.3. The third kappa shape index (κ3) is 4.15. The van der Waals surface area contributed by atoms with Crippen molar-refractivity contribution in [2.45, 2.75) is 31.9 Å². The zero-order valence-electron chi connectivity index (χ0n) is 16.1. The second-order valence-corrected chi connectivity index (χ2v) is 7.52. The van der Waals surface area contributed by atoms with Crippen LogP contribution in [0.4, 0.5) is 24.7 Å². The van der Waals surface area contributed by atoms with Crippen LogP contribution in [0.3, 0.4) is 0 Å². The van der Waals surface area contributed by atoms with Gasteiger partial charge in [0.2, 0.25) is 0 Å². The summed E-state index contributed by atoms with van der Waals surface area (Å²) in [6.07, 6.45) is -3.02. The monoisotopic (exact) mass is 449 g/mol. The molecule has 1 atom stereocenters. The maximum absolute atomic E-state index is 12.9. The first-order valence-corrected chi connectivity index (χ1v) is 9.55. The number of aromatic nitrogens is 3. The van der Waals surface area contributed by atoms with Crippen molar-refractivity contribution in [3.05, 3.63) is 63.9 Å². The summed E-state index contributed by atoms with van der Waals surface area (Å²) in [6, 6.07) is 5.04. The third-order valence-electron chi connectivity index (χ3n) is 4.91. The minimum atomic E-state index is -4.42. The molecule has 1 aromatic carbocycles. The number of benzene rings is 1. The quantitative estimate of drug-likeness (QED) is 0.562. The smallest absolute Gasteiger partial charge is 0.382 e. The highest BCUT2D eigenvalue weighted by atomic mass is 35.5. The number of hydrogen-bond acceptors (Lipinski definition) is 7. The van der Waals surface area contributed by atoms with E-state index in [2.05, 4.69) is 20.1 Å². The molecule has 1 aliphatic heterocycles. The number of nitrogens with two attached hydrogens (primary N) is 1. The maximum Gasteiger partial charge on any atom is 0.416 e. The fraction of sp³-hybridized carbons (Fsp3) is 0.250. The van der Waals surface area contributed by atoms with Crippen LogP contribution < -0.4 is 5.73 Å². The molecule has 0 bridgehead atoms. The van der Waals surface area contributed by atoms with E-state index >= 15 is 0 Å². The SMILES string of the molecule is C[C@@H](CC(=O)c1ncnc(N)c1Cl)c1cc(C2=Nc3ccc(C(F)(F)F)cc3C2)on1. The predicted octanol–water partition coefficient (Wildman–Crippen LogP) is 4.77. The number of ketones is 1. The molecule has 0 spiro atoms. The number of carbonyl (C=O) groups excluding carboxylic acids is 1. The van der Waals surface area contributed by atoms with Crippen LogP contribution in [-0.2, 0) is 12.6 Å². The van der Waals surface area contributed by atoms with Gasteiger partial charge in [-0.2, -0.15) is 13.2 Å². The van der Waals surface area contributed by atoms with Gasteiger partial charge in [0.1, 0.15) is 22.9 Å². The van der Waals surface area contributed by atoms with Crippen molar-refractivity contribution < 1.29 is 22.5 Å². The van der Waals surface area contributed by atoms with Crippen LogP contribution in [0.1, 0.15) is 52.3 Å². The Morgan fingerprint density at radius 3 is 2.81 bits per heavy atom. The van der Waals surface area contributed by atoms with Crippen LogP contribution in [-0.4, -0.2) is 26.6 Å². The topological polar surface area (TPSA) is 107 Å². The van der Waals surface area contributed by atoms with E-state index in [9.17, 15) is 18.0 Å². The Kier molecular flexibility index (Phi) is 5.26. The van der Waals surface area contributed by atoms with Gasteiger partial charge in [-0.3, -0.25) is 4.79 Å². The van der Waals surface area contributed by atoms with Gasteiger partial charge in [-0.1, -0.05) is 23.7 Å². The second-order valence-electron chi connectivity index (χ2n) is 7.14. The van der Waals surface area contributed by atoms with Crippen LogP contribution in [0.15, 0.2) is 40.1 Å². The molecule has 1 aliphatic rings. The Morgan fingerprint density at radius 1 is 1.29 bits per heavy atom. The van der Waals surface area contributed by atoms with E-state index in [1.165, 1.54) is 6.07 Å². The molecule has 160 valence electrons. The Balaban J connectivity index is 1.48. The summed E-state index contributed by atoms with van der Waals surface area (Å²) >= 11 is 6.00. The van der Waals surface area contributed by atoms with Crippen LogP contribution >= 0.6 is 11.6 Å². The molecular weight excluding hydrogens is 435 g/mol. The van der Waals surface area contributed by atoms with Crippen molar-refractivity contribution in [3.8, 4) is 0 Å². The summed E-state index contributed by atoms with van der Waals surface area (Å²) in [4.78, 5) is 24.5. The third-order valence-corrected chi connectivity index (χ3v) is 5.28. The van der Waals surface area contributed by atoms with Crippen molar-refractivity contribution in [2.24, 2.45) is 4.99 Å². The van der Waals surface area contributed by atoms with Crippen LogP contribution in [0.2, 0.25) is 5.02 Å². The molecule has 0 fully saturated rings. The van der Waals surface area contributed by atoms with E-state index in [0.717, 1.165) is 18.5 Å². The molecule has 3 aromatic rings. The molecule has 2 N–H and O–H groups in total. The molecule has 0 saturated heterocycles. The molecule has 0 saturated carbocycles. The highest BCUT2D eigenvalue weighted by Crippen LogP contribution is 2.36. The molecule has 0 amide bonds. The summed E-state index contributed by atoms with van der Waals surface area (Å²) in [6.45, 7) is 1.78. The first-order valence-electron chi connectivity index (χ1n) is 9.17. The van der Waals surface area contributed by atoms with Gasteiger partial charge in [0.25, 0.3) is 0 Å². The van der Waals surface area contributed by atoms with Crippen LogP contribution in [0.25, 0.3) is 0 Å². The molecule has 0 unspecified atom stereocenters. The first kappa shape index (κ1) is 21.0. The minimum Gasteiger partial charge on any atom is -0.382 e. The average molecular weight is 450 g/mol. The van der Waals surface area contributed by atoms with Gasteiger partial charge in [-0.05, 0) is 23.8 Å². The number of halogens is 4. The number of anilines is 1. The van der Waals surface area contributed by atoms with E-state index in [1.54, 1.807) is 13.0 Å². The summed E-state index contributed by atoms with van der Waals surface area (Å²) in [7, 11) is 0. The predicted molar refractivity (Wildman–Crippen MR) is 107 cm³/mol. The van der Waals surface area contributed by atoms with Gasteiger partial charge < -0.3 is 10.3 Å². The number of carbonyl (C=O) groups is 1. The van der Waals surface area contributed by atoms with Crippen LogP contribution in [0, 0.1) is 0 Å². The number of rotatable bonds is 5. The van der Waals surface area contributed by atoms with E-state index in [0.29, 0.717) is 28.4 Å². The number of fused-ring (bicyclic) bond motifs is 1. The fourth-order valence-corrected chi connectivity index (χ4v) is 3.44. The zero-order valence-corrected chi connectivity index (χ0v) is 16.8. The second kappa shape index (κ2) is 7.77. The van der Waals surface area contributed by atoms with Gasteiger partial charge in [0.15, 0.2) is 11.5 Å². The lowest BCUT2D eigenvalue weighted by Crippen LogP contribution is -2.10. The molecule has 7 nitrogen and oxygen atoms in total. The molecule has 0 aliphatic carbocycles. The number of hydrogen-bond donors (Lipinski definition) is 1. The molecule has 0 radical (unpaired) electrons. The standard InChI is InChI=1S/C20H15ClF3N5O2/c1-9(4-15(30)18-17(21)19(25)27-8-26-18)13-7-16(31-29-13)14-6-10-5-11(20(22,23)24)2-3-12(10)28-14/h2-3,5,7-9H,4,6H2,1H3,(H2,25,26,27)/t9-/m0/s1. The Labute approximate surface area is 179 Å². The van der Waals surface area contributed by atoms with Gasteiger partial charge in [-0.15, -0.1) is 0 Å². The lowest BCUT2D eigenvalue weighted by Gasteiger charge is -2.08. The maximum atomic E-state index is 12.9. The number of aliphatic imine (C=N–C) groups is 1. The first-order chi connectivity index (χ1) is 14.6. The Morgan fingerprint density at radius 2 is 2.06 bits per heavy atom. The van der Waals surface area contributed by atoms with Crippen molar-refractivity contribution in [1.29, 1.82) is 0 Å². The van der Waals surface area contributed by atoms with Gasteiger partial charge in [0.05, 0.1) is 22.7 Å². The molecule has 4 rings (SSSR count). The van der Waals surface area contributed by atoms with E-state index in [4.69, 9.17) is 21.9 Å². The van der Waals surface area contributed by atoms with Gasteiger partial charge in [0, 0.05) is 24.8 Å². The Bertz CT molecular complexity index is 1210. The van der Waals surface area contributed by atoms with E-state index in [-0.39, 0.29) is 41.1 Å². The number of nitrogen functional groups attached to an aromatic ring is 1. The summed E-state index contributed by atoms with van der Waals surface area (Å²) in [5.74, 6) is -0.313. The molecule has 11 heteroatoms. The van der Waals surface area contributed by atoms with E-state index in [1.807, 2.05) is 0 Å². The van der Waals surface area contributed by atoms with Gasteiger partial charge >= 0.3 is 6.18 Å². The van der Waals surface area contributed by atoms with Crippen LogP contribution in [0.5, 0.6) is 0 Å². The van der Waals surface area contributed by atoms with E-state index < -0.39 is 11.7 Å². The average Bonchev–Trinajstić information content (AvgIpc) is 3.35. The fourth-order valence-electron chi connectivity index (χ4n) is 3.23. The highest BCUT2D eigenvalue weighted by Gasteiger charge is 2.32. The van der Waals surface area contributed by atoms with Crippen molar-refractivity contribution in [1.82, 2.24) is 15.1 Å². The summed E-state index contributed by atoms with van der Waals surface area (Å²) in [5, 5.41) is 3.99. The summed E-state index contributed by atoms with van der Waals surface area (Å²) in [5.41, 5.74) is 6.79.